The molecule has 4 fully saturated rings. The molecule has 2 amide bonds. The van der Waals surface area contributed by atoms with Crippen molar-refractivity contribution in [2.45, 2.75) is 103 Å². The minimum atomic E-state index is -0.211. The maximum Gasteiger partial charge on any atom is 0.410 e. The number of hydrogen-bond acceptors (Lipinski definition) is 5. The van der Waals surface area contributed by atoms with E-state index in [1.165, 1.54) is 0 Å². The number of ether oxygens (including phenoxy) is 1. The van der Waals surface area contributed by atoms with E-state index in [2.05, 4.69) is 43.0 Å². The molecule has 1 N–H and O–H groups in total. The molecule has 0 aromatic heterocycles. The monoisotopic (exact) mass is 434 g/mol. The summed E-state index contributed by atoms with van der Waals surface area (Å²) in [5, 5.41) is 2.36. The van der Waals surface area contributed by atoms with E-state index >= 15 is 0 Å². The highest BCUT2D eigenvalue weighted by molar-refractivity contribution is 5.82. The largest absolute Gasteiger partial charge is 0.447 e. The number of fused-ring (bicyclic) bond motifs is 1. The number of nitrogens with one attached hydrogen (secondary N) is 1. The highest BCUT2D eigenvalue weighted by atomic mass is 16.6. The maximum atomic E-state index is 13.1. The number of hydrazine groups is 1. The van der Waals surface area contributed by atoms with Gasteiger partial charge in [0.25, 0.3) is 0 Å². The number of hydrogen-bond donors (Lipinski definition) is 1. The minimum absolute atomic E-state index is 0.0511. The van der Waals surface area contributed by atoms with Gasteiger partial charge in [0.1, 0.15) is 0 Å². The Balaban J connectivity index is 1.52. The fourth-order valence-corrected chi connectivity index (χ4v) is 5.90. The van der Waals surface area contributed by atoms with Crippen LogP contribution in [0.5, 0.6) is 0 Å². The first-order chi connectivity index (χ1) is 14.6. The molecule has 0 bridgehead atoms. The quantitative estimate of drug-likeness (QED) is 0.739. The summed E-state index contributed by atoms with van der Waals surface area (Å²) in [6.07, 6.45) is 4.77. The van der Waals surface area contributed by atoms with Gasteiger partial charge in [-0.05, 0) is 85.5 Å². The molecular weight excluding hydrogens is 392 g/mol. The molecule has 176 valence electrons. The van der Waals surface area contributed by atoms with Gasteiger partial charge >= 0.3 is 6.09 Å². The summed E-state index contributed by atoms with van der Waals surface area (Å²) in [6.45, 7) is 15.3. The second-order valence-electron chi connectivity index (χ2n) is 11.6. The van der Waals surface area contributed by atoms with Crippen molar-refractivity contribution in [2.24, 2.45) is 17.8 Å². The number of amides is 2. The highest BCUT2D eigenvalue weighted by Crippen LogP contribution is 2.42. The predicted octanol–water partition coefficient (Wildman–Crippen LogP) is 3.25. The normalized spacial score (nSPS) is 34.7. The van der Waals surface area contributed by atoms with Gasteiger partial charge in [-0.1, -0.05) is 0 Å². The zero-order valence-corrected chi connectivity index (χ0v) is 20.3. The van der Waals surface area contributed by atoms with Crippen LogP contribution >= 0.6 is 0 Å². The van der Waals surface area contributed by atoms with Crippen LogP contribution in [0.4, 0.5) is 4.79 Å². The number of carbonyl (C=O) groups excluding carboxylic acids is 2. The van der Waals surface area contributed by atoms with E-state index in [9.17, 15) is 9.59 Å². The molecule has 4 rings (SSSR count). The maximum absolute atomic E-state index is 13.1. The minimum Gasteiger partial charge on any atom is -0.447 e. The van der Waals surface area contributed by atoms with Crippen molar-refractivity contribution in [2.75, 3.05) is 19.6 Å². The van der Waals surface area contributed by atoms with Gasteiger partial charge in [0.2, 0.25) is 5.91 Å². The molecule has 2 aliphatic carbocycles. The van der Waals surface area contributed by atoms with Crippen molar-refractivity contribution in [3.63, 3.8) is 0 Å². The highest BCUT2D eigenvalue weighted by Gasteiger charge is 2.51. The molecule has 2 saturated carbocycles. The van der Waals surface area contributed by atoms with Crippen molar-refractivity contribution in [3.05, 3.63) is 0 Å². The van der Waals surface area contributed by atoms with Gasteiger partial charge in [0.15, 0.2) is 0 Å². The van der Waals surface area contributed by atoms with E-state index in [4.69, 9.17) is 4.74 Å². The second kappa shape index (κ2) is 8.54. The molecule has 2 heterocycles. The summed E-state index contributed by atoms with van der Waals surface area (Å²) >= 11 is 0. The van der Waals surface area contributed by atoms with Crippen LogP contribution in [-0.2, 0) is 9.53 Å². The van der Waals surface area contributed by atoms with Crippen LogP contribution in [0.1, 0.15) is 73.6 Å². The second-order valence-corrected chi connectivity index (χ2v) is 11.6. The fourth-order valence-electron chi connectivity index (χ4n) is 5.90. The van der Waals surface area contributed by atoms with Crippen molar-refractivity contribution >= 4 is 12.0 Å². The topological polar surface area (TPSA) is 65.1 Å². The molecule has 2 saturated heterocycles. The number of carbonyl (C=O) groups is 2. The van der Waals surface area contributed by atoms with E-state index < -0.39 is 0 Å². The molecule has 0 radical (unpaired) electrons. The third kappa shape index (κ3) is 4.72. The van der Waals surface area contributed by atoms with Crippen molar-refractivity contribution in [3.8, 4) is 0 Å². The van der Waals surface area contributed by atoms with Crippen LogP contribution in [0, 0.1) is 17.8 Å². The number of nitrogens with zero attached hydrogens (tertiary/aromatic N) is 3. The smallest absolute Gasteiger partial charge is 0.410 e. The van der Waals surface area contributed by atoms with Gasteiger partial charge in [-0.25, -0.2) is 9.80 Å². The molecule has 2 aliphatic heterocycles. The molecule has 0 aromatic rings. The Morgan fingerprint density at radius 3 is 2.29 bits per heavy atom. The third-order valence-electron chi connectivity index (χ3n) is 7.70. The van der Waals surface area contributed by atoms with Gasteiger partial charge in [-0.3, -0.25) is 10.2 Å². The first kappa shape index (κ1) is 22.8. The van der Waals surface area contributed by atoms with E-state index in [0.717, 1.165) is 45.2 Å². The number of rotatable bonds is 3. The van der Waals surface area contributed by atoms with Crippen LogP contribution in [0.3, 0.4) is 0 Å². The van der Waals surface area contributed by atoms with E-state index in [1.807, 2.05) is 18.7 Å². The van der Waals surface area contributed by atoms with Gasteiger partial charge in [0.05, 0.1) is 18.2 Å². The molecule has 5 atom stereocenters. The van der Waals surface area contributed by atoms with Gasteiger partial charge in [-0.2, -0.15) is 0 Å². The van der Waals surface area contributed by atoms with Gasteiger partial charge in [0, 0.05) is 37.1 Å². The summed E-state index contributed by atoms with van der Waals surface area (Å²) in [7, 11) is 0. The van der Waals surface area contributed by atoms with Crippen molar-refractivity contribution < 1.29 is 14.3 Å². The standard InChI is InChI=1S/C24H42N4O3/c1-15(2)31-23(30)26-13-16(3)28(22(29)17-7-8-17)20-10-9-18(11-21(20)26)19-12-25-27(14-19)24(4,5)6/h15-21,25H,7-14H2,1-6H3/t16-,18?,19?,20?,21?/m0/s1. The number of piperazine rings is 1. The Morgan fingerprint density at radius 1 is 1.00 bits per heavy atom. The predicted molar refractivity (Wildman–Crippen MR) is 120 cm³/mol. The molecule has 0 aromatic carbocycles. The van der Waals surface area contributed by atoms with Crippen LogP contribution in [0.2, 0.25) is 0 Å². The first-order valence-corrected chi connectivity index (χ1v) is 12.4. The molecular formula is C24H42N4O3. The summed E-state index contributed by atoms with van der Waals surface area (Å²) in [5.74, 6) is 1.67. The summed E-state index contributed by atoms with van der Waals surface area (Å²) < 4.78 is 5.63. The lowest BCUT2D eigenvalue weighted by molar-refractivity contribution is -0.146. The molecule has 4 unspecified atom stereocenters. The van der Waals surface area contributed by atoms with Crippen LogP contribution < -0.4 is 5.43 Å². The Bertz CT molecular complexity index is 687. The van der Waals surface area contributed by atoms with Crippen LogP contribution in [0.15, 0.2) is 0 Å². The fraction of sp³-hybridized carbons (Fsp3) is 0.917. The Hall–Kier alpha value is -1.34. The lowest BCUT2D eigenvalue weighted by Crippen LogP contribution is -2.67. The zero-order chi connectivity index (χ0) is 22.5. The van der Waals surface area contributed by atoms with Gasteiger partial charge < -0.3 is 14.5 Å². The third-order valence-corrected chi connectivity index (χ3v) is 7.70. The molecule has 31 heavy (non-hydrogen) atoms. The lowest BCUT2D eigenvalue weighted by atomic mass is 9.73. The summed E-state index contributed by atoms with van der Waals surface area (Å²) in [5.41, 5.74) is 3.70. The van der Waals surface area contributed by atoms with Gasteiger partial charge in [-0.15, -0.1) is 0 Å². The molecule has 0 spiro atoms. The summed E-state index contributed by atoms with van der Waals surface area (Å²) in [6, 6.07) is 0.239. The first-order valence-electron chi connectivity index (χ1n) is 12.4. The molecule has 7 heteroatoms. The average molecular weight is 435 g/mol. The molecule has 4 aliphatic rings. The van der Waals surface area contributed by atoms with Crippen molar-refractivity contribution in [1.29, 1.82) is 0 Å². The van der Waals surface area contributed by atoms with E-state index in [-0.39, 0.29) is 41.8 Å². The Labute approximate surface area is 187 Å². The summed E-state index contributed by atoms with van der Waals surface area (Å²) in [4.78, 5) is 30.3. The van der Waals surface area contributed by atoms with Crippen LogP contribution in [0.25, 0.3) is 0 Å². The SMILES string of the molecule is CC(C)OC(=O)N1C[C@H](C)N(C(=O)C2CC2)C2CCC(C3CNN(C(C)(C)C)C3)CC21. The van der Waals surface area contributed by atoms with E-state index in [1.54, 1.807) is 0 Å². The Kier molecular flexibility index (Phi) is 6.29. The Morgan fingerprint density at radius 2 is 1.71 bits per heavy atom. The van der Waals surface area contributed by atoms with Crippen LogP contribution in [-0.4, -0.2) is 76.2 Å². The van der Waals surface area contributed by atoms with E-state index in [0.29, 0.717) is 24.3 Å². The molecule has 7 nitrogen and oxygen atoms in total. The zero-order valence-electron chi connectivity index (χ0n) is 20.3. The lowest BCUT2D eigenvalue weighted by Gasteiger charge is -2.54. The average Bonchev–Trinajstić information content (AvgIpc) is 3.41. The van der Waals surface area contributed by atoms with Crippen molar-refractivity contribution in [1.82, 2.24) is 20.2 Å².